The fourth-order valence-electron chi connectivity index (χ4n) is 1.27. The topological polar surface area (TPSA) is 71.5 Å². The number of sulfonamides is 1. The predicted molar refractivity (Wildman–Crippen MR) is 70.0 cm³/mol. The number of pyridine rings is 1. The SMILES string of the molecule is COc1cccc(CNCCS(=O)(=O)N(C)C)n1. The van der Waals surface area contributed by atoms with Gasteiger partial charge in [0.15, 0.2) is 0 Å². The lowest BCUT2D eigenvalue weighted by Crippen LogP contribution is -2.31. The van der Waals surface area contributed by atoms with E-state index in [1.807, 2.05) is 12.1 Å². The van der Waals surface area contributed by atoms with E-state index in [1.54, 1.807) is 13.2 Å². The lowest BCUT2D eigenvalue weighted by molar-refractivity contribution is 0.395. The second-order valence-corrected chi connectivity index (χ2v) is 6.25. The van der Waals surface area contributed by atoms with Gasteiger partial charge in [0.1, 0.15) is 0 Å². The summed E-state index contributed by atoms with van der Waals surface area (Å²) in [7, 11) is 1.47. The molecule has 1 aromatic rings. The van der Waals surface area contributed by atoms with E-state index in [4.69, 9.17) is 4.74 Å². The van der Waals surface area contributed by atoms with Crippen molar-refractivity contribution in [3.05, 3.63) is 23.9 Å². The Kier molecular flexibility index (Phi) is 5.52. The molecule has 0 aromatic carbocycles. The zero-order valence-corrected chi connectivity index (χ0v) is 11.7. The maximum absolute atomic E-state index is 11.5. The van der Waals surface area contributed by atoms with E-state index in [9.17, 15) is 8.42 Å². The number of methoxy groups -OCH3 is 1. The lowest BCUT2D eigenvalue weighted by Gasteiger charge is -2.11. The minimum absolute atomic E-state index is 0.0734. The summed E-state index contributed by atoms with van der Waals surface area (Å²) in [6.07, 6.45) is 0. The first-order valence-electron chi connectivity index (χ1n) is 5.56. The van der Waals surface area contributed by atoms with E-state index in [-0.39, 0.29) is 5.75 Å². The lowest BCUT2D eigenvalue weighted by atomic mass is 10.3. The second-order valence-electron chi connectivity index (χ2n) is 3.95. The van der Waals surface area contributed by atoms with Crippen molar-refractivity contribution < 1.29 is 13.2 Å². The quantitative estimate of drug-likeness (QED) is 0.712. The number of nitrogens with one attached hydrogen (secondary N) is 1. The number of hydrogen-bond acceptors (Lipinski definition) is 5. The number of hydrogen-bond donors (Lipinski definition) is 1. The molecule has 0 saturated carbocycles. The van der Waals surface area contributed by atoms with E-state index in [2.05, 4.69) is 10.3 Å². The molecule has 18 heavy (non-hydrogen) atoms. The first-order valence-corrected chi connectivity index (χ1v) is 7.17. The van der Waals surface area contributed by atoms with Crippen LogP contribution in [0.2, 0.25) is 0 Å². The number of nitrogens with zero attached hydrogens (tertiary/aromatic N) is 2. The van der Waals surface area contributed by atoms with Crippen molar-refractivity contribution in [2.24, 2.45) is 0 Å². The van der Waals surface area contributed by atoms with E-state index in [0.29, 0.717) is 19.0 Å². The van der Waals surface area contributed by atoms with Crippen LogP contribution in [0.1, 0.15) is 5.69 Å². The Hall–Kier alpha value is -1.18. The molecule has 0 atom stereocenters. The van der Waals surface area contributed by atoms with Gasteiger partial charge in [-0.05, 0) is 6.07 Å². The highest BCUT2D eigenvalue weighted by Gasteiger charge is 2.12. The molecule has 102 valence electrons. The average Bonchev–Trinajstić information content (AvgIpc) is 2.35. The van der Waals surface area contributed by atoms with Crippen molar-refractivity contribution in [1.82, 2.24) is 14.6 Å². The van der Waals surface area contributed by atoms with E-state index < -0.39 is 10.0 Å². The van der Waals surface area contributed by atoms with Crippen molar-refractivity contribution >= 4 is 10.0 Å². The molecular weight excluding hydrogens is 254 g/mol. The largest absolute Gasteiger partial charge is 0.481 e. The van der Waals surface area contributed by atoms with Gasteiger partial charge >= 0.3 is 0 Å². The Balaban J connectivity index is 2.38. The summed E-state index contributed by atoms with van der Waals surface area (Å²) < 4.78 is 29.2. The zero-order valence-electron chi connectivity index (χ0n) is 10.9. The third-order valence-corrected chi connectivity index (χ3v) is 4.22. The van der Waals surface area contributed by atoms with Gasteiger partial charge in [-0.2, -0.15) is 0 Å². The molecule has 0 amide bonds. The fraction of sp³-hybridized carbons (Fsp3) is 0.545. The zero-order chi connectivity index (χ0) is 13.6. The van der Waals surface area contributed by atoms with Crippen LogP contribution in [0.3, 0.4) is 0 Å². The molecule has 1 N–H and O–H groups in total. The van der Waals surface area contributed by atoms with Gasteiger partial charge in [0.2, 0.25) is 15.9 Å². The van der Waals surface area contributed by atoms with E-state index >= 15 is 0 Å². The summed E-state index contributed by atoms with van der Waals surface area (Å²) in [6.45, 7) is 0.902. The van der Waals surface area contributed by atoms with Crippen LogP contribution in [0.25, 0.3) is 0 Å². The highest BCUT2D eigenvalue weighted by atomic mass is 32.2. The van der Waals surface area contributed by atoms with Crippen LogP contribution in [0.4, 0.5) is 0 Å². The second kappa shape index (κ2) is 6.67. The average molecular weight is 273 g/mol. The Morgan fingerprint density at radius 2 is 2.11 bits per heavy atom. The Morgan fingerprint density at radius 3 is 2.72 bits per heavy atom. The van der Waals surface area contributed by atoms with Gasteiger partial charge < -0.3 is 10.1 Å². The molecule has 1 rings (SSSR count). The van der Waals surface area contributed by atoms with Crippen molar-refractivity contribution in [2.75, 3.05) is 33.5 Å². The Bertz CT molecular complexity index is 474. The molecule has 0 aliphatic heterocycles. The third kappa shape index (κ3) is 4.59. The maximum Gasteiger partial charge on any atom is 0.214 e. The van der Waals surface area contributed by atoms with Crippen molar-refractivity contribution in [2.45, 2.75) is 6.54 Å². The Morgan fingerprint density at radius 1 is 1.39 bits per heavy atom. The molecule has 0 bridgehead atoms. The summed E-state index contributed by atoms with van der Waals surface area (Å²) in [5.74, 6) is 0.625. The van der Waals surface area contributed by atoms with Crippen molar-refractivity contribution in [1.29, 1.82) is 0 Å². The summed E-state index contributed by atoms with van der Waals surface area (Å²) in [5.41, 5.74) is 0.816. The highest BCUT2D eigenvalue weighted by Crippen LogP contribution is 2.06. The number of rotatable bonds is 7. The van der Waals surface area contributed by atoms with Gasteiger partial charge in [-0.15, -0.1) is 0 Å². The fourth-order valence-corrected chi connectivity index (χ4v) is 2.04. The summed E-state index contributed by atoms with van der Waals surface area (Å²) in [5, 5.41) is 3.04. The van der Waals surface area contributed by atoms with Crippen LogP contribution in [0, 0.1) is 0 Å². The van der Waals surface area contributed by atoms with Gasteiger partial charge in [-0.25, -0.2) is 17.7 Å². The molecule has 0 fully saturated rings. The van der Waals surface area contributed by atoms with E-state index in [1.165, 1.54) is 18.4 Å². The minimum atomic E-state index is -3.14. The van der Waals surface area contributed by atoms with Crippen molar-refractivity contribution in [3.8, 4) is 5.88 Å². The van der Waals surface area contributed by atoms with E-state index in [0.717, 1.165) is 5.69 Å². The molecule has 1 heterocycles. The predicted octanol–water partition coefficient (Wildman–Crippen LogP) is 0.0712. The van der Waals surface area contributed by atoms with Gasteiger partial charge in [0, 0.05) is 33.3 Å². The molecule has 0 unspecified atom stereocenters. The number of ether oxygens (including phenoxy) is 1. The molecule has 0 spiro atoms. The highest BCUT2D eigenvalue weighted by molar-refractivity contribution is 7.89. The van der Waals surface area contributed by atoms with Gasteiger partial charge in [0.25, 0.3) is 0 Å². The normalized spacial score (nSPS) is 11.8. The van der Waals surface area contributed by atoms with Crippen LogP contribution in [0.15, 0.2) is 18.2 Å². The molecule has 6 nitrogen and oxygen atoms in total. The maximum atomic E-state index is 11.5. The molecular formula is C11H19N3O3S. The first-order chi connectivity index (χ1) is 8.45. The van der Waals surface area contributed by atoms with Crippen molar-refractivity contribution in [3.63, 3.8) is 0 Å². The standard InChI is InChI=1S/C11H19N3O3S/c1-14(2)18(15,16)8-7-12-9-10-5-4-6-11(13-10)17-3/h4-6,12H,7-9H2,1-3H3. The summed E-state index contributed by atoms with van der Waals surface area (Å²) >= 11 is 0. The minimum Gasteiger partial charge on any atom is -0.481 e. The van der Waals surface area contributed by atoms with Gasteiger partial charge in [-0.1, -0.05) is 6.07 Å². The van der Waals surface area contributed by atoms with Crippen LogP contribution in [-0.4, -0.2) is 51.2 Å². The third-order valence-electron chi connectivity index (χ3n) is 2.39. The molecule has 0 aliphatic rings. The molecule has 1 aromatic heterocycles. The molecule has 7 heteroatoms. The van der Waals surface area contributed by atoms with Gasteiger partial charge in [-0.3, -0.25) is 0 Å². The molecule has 0 saturated heterocycles. The first kappa shape index (κ1) is 14.9. The van der Waals surface area contributed by atoms with Crippen LogP contribution < -0.4 is 10.1 Å². The smallest absolute Gasteiger partial charge is 0.214 e. The van der Waals surface area contributed by atoms with Crippen LogP contribution in [-0.2, 0) is 16.6 Å². The van der Waals surface area contributed by atoms with Crippen LogP contribution >= 0.6 is 0 Å². The summed E-state index contributed by atoms with van der Waals surface area (Å²) in [6, 6.07) is 5.47. The van der Waals surface area contributed by atoms with Gasteiger partial charge in [0.05, 0.1) is 18.6 Å². The number of aromatic nitrogens is 1. The monoisotopic (exact) mass is 273 g/mol. The summed E-state index contributed by atoms with van der Waals surface area (Å²) in [4.78, 5) is 4.22. The molecule has 0 aliphatic carbocycles. The Labute approximate surface area is 108 Å². The molecule has 0 radical (unpaired) electrons. The van der Waals surface area contributed by atoms with Crippen LogP contribution in [0.5, 0.6) is 5.88 Å².